The van der Waals surface area contributed by atoms with E-state index in [-0.39, 0.29) is 30.4 Å². The van der Waals surface area contributed by atoms with Gasteiger partial charge in [0.1, 0.15) is 5.75 Å². The molecule has 0 spiro atoms. The molecule has 2 saturated heterocycles. The SMILES string of the molecule is CC1CCNCC1NC(=O)C1CCCN(C(=O)COc2ccccc2)C1. The van der Waals surface area contributed by atoms with Gasteiger partial charge in [-0.15, -0.1) is 0 Å². The van der Waals surface area contributed by atoms with Crippen molar-refractivity contribution in [2.45, 2.75) is 32.2 Å². The van der Waals surface area contributed by atoms with E-state index in [1.807, 2.05) is 30.3 Å². The number of piperidine rings is 2. The van der Waals surface area contributed by atoms with Gasteiger partial charge in [0.25, 0.3) is 5.91 Å². The summed E-state index contributed by atoms with van der Waals surface area (Å²) in [5, 5.41) is 6.52. The minimum Gasteiger partial charge on any atom is -0.484 e. The number of rotatable bonds is 5. The molecule has 0 aromatic heterocycles. The Bertz CT molecular complexity index is 608. The standard InChI is InChI=1S/C20H29N3O3/c1-15-9-10-21-12-18(15)22-20(25)16-6-5-11-23(13-16)19(24)14-26-17-7-3-2-4-8-17/h2-4,7-8,15-16,18,21H,5-6,9-14H2,1H3,(H,22,25). The summed E-state index contributed by atoms with van der Waals surface area (Å²) in [5.41, 5.74) is 0. The Hall–Kier alpha value is -2.08. The molecule has 0 bridgehead atoms. The highest BCUT2D eigenvalue weighted by atomic mass is 16.5. The molecule has 0 saturated carbocycles. The fourth-order valence-corrected chi connectivity index (χ4v) is 3.65. The molecule has 2 heterocycles. The summed E-state index contributed by atoms with van der Waals surface area (Å²) in [6.07, 6.45) is 2.77. The van der Waals surface area contributed by atoms with Crippen LogP contribution >= 0.6 is 0 Å². The highest BCUT2D eigenvalue weighted by Crippen LogP contribution is 2.19. The van der Waals surface area contributed by atoms with E-state index >= 15 is 0 Å². The minimum atomic E-state index is -0.126. The van der Waals surface area contributed by atoms with Crippen LogP contribution in [0.1, 0.15) is 26.2 Å². The zero-order valence-electron chi connectivity index (χ0n) is 15.4. The van der Waals surface area contributed by atoms with Crippen LogP contribution in [0, 0.1) is 11.8 Å². The van der Waals surface area contributed by atoms with Crippen LogP contribution in [-0.4, -0.2) is 55.5 Å². The summed E-state index contributed by atoms with van der Waals surface area (Å²) in [6, 6.07) is 9.51. The zero-order valence-corrected chi connectivity index (χ0v) is 15.4. The van der Waals surface area contributed by atoms with E-state index in [2.05, 4.69) is 17.6 Å². The van der Waals surface area contributed by atoms with E-state index in [9.17, 15) is 9.59 Å². The van der Waals surface area contributed by atoms with E-state index in [0.29, 0.717) is 24.8 Å². The van der Waals surface area contributed by atoms with Crippen molar-refractivity contribution in [1.29, 1.82) is 0 Å². The van der Waals surface area contributed by atoms with Crippen molar-refractivity contribution in [1.82, 2.24) is 15.5 Å². The maximum absolute atomic E-state index is 12.7. The predicted octanol–water partition coefficient (Wildman–Crippen LogP) is 1.42. The molecule has 2 amide bonds. The Morgan fingerprint density at radius 3 is 2.85 bits per heavy atom. The third-order valence-electron chi connectivity index (χ3n) is 5.41. The van der Waals surface area contributed by atoms with Gasteiger partial charge in [-0.25, -0.2) is 0 Å². The monoisotopic (exact) mass is 359 g/mol. The van der Waals surface area contributed by atoms with Crippen molar-refractivity contribution < 1.29 is 14.3 Å². The second-order valence-corrected chi connectivity index (χ2v) is 7.37. The Morgan fingerprint density at radius 1 is 1.27 bits per heavy atom. The van der Waals surface area contributed by atoms with Crippen molar-refractivity contribution in [3.05, 3.63) is 30.3 Å². The third-order valence-corrected chi connectivity index (χ3v) is 5.41. The summed E-state index contributed by atoms with van der Waals surface area (Å²) in [5.74, 6) is 1.07. The molecular formula is C20H29N3O3. The molecular weight excluding hydrogens is 330 g/mol. The number of nitrogens with one attached hydrogen (secondary N) is 2. The van der Waals surface area contributed by atoms with Gasteiger partial charge < -0.3 is 20.3 Å². The molecule has 3 rings (SSSR count). The lowest BCUT2D eigenvalue weighted by atomic mass is 9.92. The van der Waals surface area contributed by atoms with Gasteiger partial charge in [0.05, 0.1) is 5.92 Å². The number of nitrogens with zero attached hydrogens (tertiary/aromatic N) is 1. The lowest BCUT2D eigenvalue weighted by Crippen LogP contribution is -2.54. The minimum absolute atomic E-state index is 0.0158. The molecule has 1 aromatic rings. The topological polar surface area (TPSA) is 70.7 Å². The van der Waals surface area contributed by atoms with Gasteiger partial charge in [-0.2, -0.15) is 0 Å². The van der Waals surface area contributed by atoms with Crippen molar-refractivity contribution >= 4 is 11.8 Å². The molecule has 3 atom stereocenters. The average molecular weight is 359 g/mol. The van der Waals surface area contributed by atoms with Crippen LogP contribution < -0.4 is 15.4 Å². The molecule has 0 radical (unpaired) electrons. The smallest absolute Gasteiger partial charge is 0.260 e. The second kappa shape index (κ2) is 9.03. The van der Waals surface area contributed by atoms with Crippen molar-refractivity contribution in [3.63, 3.8) is 0 Å². The van der Waals surface area contributed by atoms with Crippen LogP contribution in [0.2, 0.25) is 0 Å². The summed E-state index contributed by atoms with van der Waals surface area (Å²) >= 11 is 0. The highest BCUT2D eigenvalue weighted by molar-refractivity contribution is 5.82. The Morgan fingerprint density at radius 2 is 2.08 bits per heavy atom. The average Bonchev–Trinajstić information content (AvgIpc) is 2.69. The molecule has 6 heteroatoms. The molecule has 2 fully saturated rings. The van der Waals surface area contributed by atoms with Gasteiger partial charge in [0, 0.05) is 25.7 Å². The Kier molecular flexibility index (Phi) is 6.50. The lowest BCUT2D eigenvalue weighted by molar-refractivity contribution is -0.137. The fraction of sp³-hybridized carbons (Fsp3) is 0.600. The number of hydrogen-bond acceptors (Lipinski definition) is 4. The van der Waals surface area contributed by atoms with Gasteiger partial charge in [-0.3, -0.25) is 9.59 Å². The fourth-order valence-electron chi connectivity index (χ4n) is 3.65. The van der Waals surface area contributed by atoms with Crippen molar-refractivity contribution in [2.75, 3.05) is 32.8 Å². The van der Waals surface area contributed by atoms with E-state index in [1.165, 1.54) is 0 Å². The van der Waals surface area contributed by atoms with Crippen LogP contribution in [-0.2, 0) is 9.59 Å². The number of likely N-dealkylation sites (tertiary alicyclic amines) is 1. The summed E-state index contributed by atoms with van der Waals surface area (Å²) in [7, 11) is 0. The second-order valence-electron chi connectivity index (χ2n) is 7.37. The first-order chi connectivity index (χ1) is 12.6. The maximum Gasteiger partial charge on any atom is 0.260 e. The van der Waals surface area contributed by atoms with Gasteiger partial charge in [0.2, 0.25) is 5.91 Å². The Labute approximate surface area is 155 Å². The number of para-hydroxylation sites is 1. The summed E-state index contributed by atoms with van der Waals surface area (Å²) in [4.78, 5) is 26.9. The van der Waals surface area contributed by atoms with E-state index in [0.717, 1.165) is 32.4 Å². The number of amides is 2. The first-order valence-corrected chi connectivity index (χ1v) is 9.60. The normalized spacial score (nSPS) is 26.2. The summed E-state index contributed by atoms with van der Waals surface area (Å²) in [6.45, 7) is 5.22. The summed E-state index contributed by atoms with van der Waals surface area (Å²) < 4.78 is 5.55. The molecule has 2 N–H and O–H groups in total. The first-order valence-electron chi connectivity index (χ1n) is 9.60. The number of carbonyl (C=O) groups excluding carboxylic acids is 2. The molecule has 1 aromatic carbocycles. The van der Waals surface area contributed by atoms with Crippen molar-refractivity contribution in [3.8, 4) is 5.75 Å². The van der Waals surface area contributed by atoms with Crippen LogP contribution in [0.5, 0.6) is 5.75 Å². The molecule has 6 nitrogen and oxygen atoms in total. The largest absolute Gasteiger partial charge is 0.484 e. The number of benzene rings is 1. The maximum atomic E-state index is 12.7. The predicted molar refractivity (Wildman–Crippen MR) is 99.8 cm³/mol. The van der Waals surface area contributed by atoms with Crippen molar-refractivity contribution in [2.24, 2.45) is 11.8 Å². The number of ether oxygens (including phenoxy) is 1. The van der Waals surface area contributed by atoms with E-state index in [4.69, 9.17) is 4.74 Å². The molecule has 0 aliphatic carbocycles. The van der Waals surface area contributed by atoms with E-state index < -0.39 is 0 Å². The zero-order chi connectivity index (χ0) is 18.4. The molecule has 2 aliphatic heterocycles. The number of carbonyl (C=O) groups is 2. The molecule has 3 unspecified atom stereocenters. The first kappa shape index (κ1) is 18.7. The Balaban J connectivity index is 1.48. The van der Waals surface area contributed by atoms with Gasteiger partial charge in [0.15, 0.2) is 6.61 Å². The van der Waals surface area contributed by atoms with Crippen LogP contribution in [0.25, 0.3) is 0 Å². The highest BCUT2D eigenvalue weighted by Gasteiger charge is 2.31. The number of hydrogen-bond donors (Lipinski definition) is 2. The molecule has 142 valence electrons. The van der Waals surface area contributed by atoms with E-state index in [1.54, 1.807) is 4.90 Å². The van der Waals surface area contributed by atoms with Crippen LogP contribution in [0.3, 0.4) is 0 Å². The third kappa shape index (κ3) is 4.97. The molecule has 2 aliphatic rings. The van der Waals surface area contributed by atoms with Gasteiger partial charge in [-0.1, -0.05) is 25.1 Å². The van der Waals surface area contributed by atoms with Crippen LogP contribution in [0.15, 0.2) is 30.3 Å². The van der Waals surface area contributed by atoms with Crippen LogP contribution in [0.4, 0.5) is 0 Å². The lowest BCUT2D eigenvalue weighted by Gasteiger charge is -2.35. The quantitative estimate of drug-likeness (QED) is 0.834. The van der Waals surface area contributed by atoms with Gasteiger partial charge >= 0.3 is 0 Å². The molecule has 26 heavy (non-hydrogen) atoms. The van der Waals surface area contributed by atoms with Gasteiger partial charge in [-0.05, 0) is 43.9 Å².